The van der Waals surface area contributed by atoms with Crippen LogP contribution >= 0.6 is 0 Å². The van der Waals surface area contributed by atoms with E-state index < -0.39 is 0 Å². The van der Waals surface area contributed by atoms with Crippen molar-refractivity contribution in [3.63, 3.8) is 0 Å². The molecule has 0 amide bonds. The minimum absolute atomic E-state index is 0.0353. The Labute approximate surface area is 63.4 Å². The van der Waals surface area contributed by atoms with Crippen molar-refractivity contribution < 1.29 is 9.53 Å². The van der Waals surface area contributed by atoms with Crippen molar-refractivity contribution >= 4 is 0 Å². The SMILES string of the molecule is CCCc1no[n+]([O-])c1C#N. The molecule has 0 fully saturated rings. The highest BCUT2D eigenvalue weighted by Crippen LogP contribution is 2.01. The summed E-state index contributed by atoms with van der Waals surface area (Å²) in [6, 6.07) is 1.72. The van der Waals surface area contributed by atoms with Gasteiger partial charge in [0.05, 0.1) is 0 Å². The van der Waals surface area contributed by atoms with E-state index in [-0.39, 0.29) is 10.6 Å². The predicted molar refractivity (Wildman–Crippen MR) is 34.2 cm³/mol. The smallest absolute Gasteiger partial charge is 0.297 e. The Morgan fingerprint density at radius 1 is 1.82 bits per heavy atom. The summed E-state index contributed by atoms with van der Waals surface area (Å²) < 4.78 is 4.23. The summed E-state index contributed by atoms with van der Waals surface area (Å²) >= 11 is 0. The zero-order chi connectivity index (χ0) is 8.27. The number of nitriles is 1. The average molecular weight is 153 g/mol. The fraction of sp³-hybridized carbons (Fsp3) is 0.500. The van der Waals surface area contributed by atoms with Crippen LogP contribution in [-0.2, 0) is 6.42 Å². The first-order chi connectivity index (χ1) is 5.29. The molecule has 1 rings (SSSR count). The zero-order valence-corrected chi connectivity index (χ0v) is 6.07. The van der Waals surface area contributed by atoms with E-state index in [1.54, 1.807) is 6.07 Å². The Bertz CT molecular complexity index is 287. The van der Waals surface area contributed by atoms with Crippen molar-refractivity contribution in [2.45, 2.75) is 19.8 Å². The number of aromatic nitrogens is 2. The number of hydrogen-bond donors (Lipinski definition) is 0. The van der Waals surface area contributed by atoms with E-state index in [2.05, 4.69) is 9.79 Å². The molecule has 0 aliphatic rings. The molecule has 0 aromatic carbocycles. The Hall–Kier alpha value is -1.57. The number of aryl methyl sites for hydroxylation is 1. The van der Waals surface area contributed by atoms with Crippen molar-refractivity contribution in [2.75, 3.05) is 0 Å². The van der Waals surface area contributed by atoms with E-state index in [1.165, 1.54) is 0 Å². The van der Waals surface area contributed by atoms with Gasteiger partial charge in [0.2, 0.25) is 5.69 Å². The predicted octanol–water partition coefficient (Wildman–Crippen LogP) is 0.132. The first-order valence-corrected chi connectivity index (χ1v) is 3.28. The average Bonchev–Trinajstić information content (AvgIpc) is 2.33. The van der Waals surface area contributed by atoms with Crippen molar-refractivity contribution in [1.82, 2.24) is 5.16 Å². The first-order valence-electron chi connectivity index (χ1n) is 3.28. The Morgan fingerprint density at radius 2 is 2.55 bits per heavy atom. The number of nitrogens with zero attached hydrogens (tertiary/aromatic N) is 3. The van der Waals surface area contributed by atoms with E-state index in [9.17, 15) is 5.21 Å². The van der Waals surface area contributed by atoms with Crippen LogP contribution in [0.3, 0.4) is 0 Å². The van der Waals surface area contributed by atoms with Crippen molar-refractivity contribution in [3.8, 4) is 6.07 Å². The van der Waals surface area contributed by atoms with Crippen LogP contribution in [0.2, 0.25) is 0 Å². The minimum Gasteiger partial charge on any atom is -0.358 e. The van der Waals surface area contributed by atoms with Gasteiger partial charge in [0.15, 0.2) is 6.07 Å². The summed E-state index contributed by atoms with van der Waals surface area (Å²) in [4.78, 5) is 0.130. The molecule has 5 nitrogen and oxygen atoms in total. The molecule has 0 spiro atoms. The molecular formula is C6H7N3O2. The molecule has 0 saturated heterocycles. The van der Waals surface area contributed by atoms with Crippen molar-refractivity contribution in [3.05, 3.63) is 16.6 Å². The van der Waals surface area contributed by atoms with E-state index in [0.717, 1.165) is 6.42 Å². The van der Waals surface area contributed by atoms with Crippen LogP contribution in [0.15, 0.2) is 4.63 Å². The van der Waals surface area contributed by atoms with E-state index >= 15 is 0 Å². The summed E-state index contributed by atoms with van der Waals surface area (Å²) in [6.07, 6.45) is 1.43. The van der Waals surface area contributed by atoms with Gasteiger partial charge in [-0.1, -0.05) is 6.92 Å². The normalized spacial score (nSPS) is 9.45. The van der Waals surface area contributed by atoms with E-state index in [1.807, 2.05) is 6.92 Å². The quantitative estimate of drug-likeness (QED) is 0.566. The van der Waals surface area contributed by atoms with Crippen molar-refractivity contribution in [1.29, 1.82) is 5.26 Å². The fourth-order valence-corrected chi connectivity index (χ4v) is 0.782. The van der Waals surface area contributed by atoms with Crippen LogP contribution < -0.4 is 4.90 Å². The fourth-order valence-electron chi connectivity index (χ4n) is 0.782. The molecule has 11 heavy (non-hydrogen) atoms. The molecule has 1 heterocycles. The van der Waals surface area contributed by atoms with Crippen LogP contribution in [-0.4, -0.2) is 5.16 Å². The van der Waals surface area contributed by atoms with Gasteiger partial charge in [-0.25, -0.2) is 0 Å². The van der Waals surface area contributed by atoms with Gasteiger partial charge in [-0.2, -0.15) is 5.26 Å². The second kappa shape index (κ2) is 3.01. The lowest BCUT2D eigenvalue weighted by Gasteiger charge is -1.83. The van der Waals surface area contributed by atoms with Gasteiger partial charge in [0.1, 0.15) is 0 Å². The molecular weight excluding hydrogens is 146 g/mol. The lowest BCUT2D eigenvalue weighted by atomic mass is 10.2. The van der Waals surface area contributed by atoms with E-state index in [4.69, 9.17) is 5.26 Å². The summed E-state index contributed by atoms with van der Waals surface area (Å²) in [5.41, 5.74) is 0.400. The van der Waals surface area contributed by atoms with Crippen LogP contribution in [0.1, 0.15) is 24.7 Å². The highest BCUT2D eigenvalue weighted by atomic mass is 16.8. The van der Waals surface area contributed by atoms with Gasteiger partial charge in [0, 0.05) is 11.6 Å². The van der Waals surface area contributed by atoms with Gasteiger partial charge in [0.25, 0.3) is 5.69 Å². The standard InChI is InChI=1S/C6H7N3O2/c1-2-3-5-6(4-7)9(10)11-8-5/h2-3H2,1H3. The van der Waals surface area contributed by atoms with Crippen LogP contribution in [0.5, 0.6) is 0 Å². The Balaban J connectivity index is 2.98. The first kappa shape index (κ1) is 7.54. The Morgan fingerprint density at radius 3 is 3.09 bits per heavy atom. The third-order valence-electron chi connectivity index (χ3n) is 1.27. The number of hydrogen-bond acceptors (Lipinski definition) is 4. The molecule has 0 N–H and O–H groups in total. The molecule has 0 unspecified atom stereocenters. The molecule has 0 atom stereocenters. The zero-order valence-electron chi connectivity index (χ0n) is 6.07. The molecule has 1 aromatic rings. The van der Waals surface area contributed by atoms with Crippen LogP contribution in [0.4, 0.5) is 0 Å². The van der Waals surface area contributed by atoms with Gasteiger partial charge in [-0.05, 0) is 11.3 Å². The molecule has 0 aliphatic carbocycles. The molecule has 58 valence electrons. The monoisotopic (exact) mass is 153 g/mol. The molecule has 5 heteroatoms. The van der Waals surface area contributed by atoms with Crippen LogP contribution in [0.25, 0.3) is 0 Å². The van der Waals surface area contributed by atoms with Gasteiger partial charge in [-0.15, -0.1) is 0 Å². The summed E-state index contributed by atoms with van der Waals surface area (Å²) in [7, 11) is 0. The third-order valence-corrected chi connectivity index (χ3v) is 1.27. The molecule has 0 aliphatic heterocycles. The van der Waals surface area contributed by atoms with Crippen LogP contribution in [0, 0.1) is 16.5 Å². The molecule has 0 radical (unpaired) electrons. The molecule has 0 saturated carbocycles. The van der Waals surface area contributed by atoms with Crippen molar-refractivity contribution in [2.24, 2.45) is 0 Å². The maximum absolute atomic E-state index is 10.6. The van der Waals surface area contributed by atoms with Gasteiger partial charge < -0.3 is 5.21 Å². The van der Waals surface area contributed by atoms with Gasteiger partial charge in [-0.3, -0.25) is 4.63 Å². The molecule has 1 aromatic heterocycles. The highest BCUT2D eigenvalue weighted by Gasteiger charge is 2.16. The number of rotatable bonds is 2. The topological polar surface area (TPSA) is 76.8 Å². The lowest BCUT2D eigenvalue weighted by molar-refractivity contribution is -0.804. The summed E-state index contributed by atoms with van der Waals surface area (Å²) in [6.45, 7) is 1.94. The third kappa shape index (κ3) is 1.29. The Kier molecular flexibility index (Phi) is 2.06. The summed E-state index contributed by atoms with van der Waals surface area (Å²) in [5.74, 6) is 0. The largest absolute Gasteiger partial charge is 0.358 e. The summed E-state index contributed by atoms with van der Waals surface area (Å²) in [5, 5.41) is 22.5. The maximum atomic E-state index is 10.6. The second-order valence-corrected chi connectivity index (χ2v) is 2.09. The molecule has 0 bridgehead atoms. The maximum Gasteiger partial charge on any atom is 0.297 e. The lowest BCUT2D eigenvalue weighted by Crippen LogP contribution is -2.26. The van der Waals surface area contributed by atoms with Gasteiger partial charge >= 0.3 is 0 Å². The second-order valence-electron chi connectivity index (χ2n) is 2.09. The van der Waals surface area contributed by atoms with E-state index in [0.29, 0.717) is 12.1 Å². The minimum atomic E-state index is -0.0353. The highest BCUT2D eigenvalue weighted by molar-refractivity contribution is 5.18.